The van der Waals surface area contributed by atoms with Crippen molar-refractivity contribution in [1.82, 2.24) is 0 Å². The van der Waals surface area contributed by atoms with E-state index in [9.17, 15) is 0 Å². The molecule has 0 fully saturated rings. The second-order valence-electron chi connectivity index (χ2n) is 3.53. The van der Waals surface area contributed by atoms with Crippen LogP contribution in [0, 0.1) is 0 Å². The number of hydrogen-bond acceptors (Lipinski definition) is 0. The molecule has 0 aromatic rings. The fourth-order valence-electron chi connectivity index (χ4n) is 1.20. The second-order valence-corrected chi connectivity index (χ2v) is 3.53. The zero-order valence-corrected chi connectivity index (χ0v) is 9.54. The van der Waals surface area contributed by atoms with Gasteiger partial charge in [-0.1, -0.05) is 50.1 Å². The number of hydrogen-bond donors (Lipinski definition) is 0. The van der Waals surface area contributed by atoms with Gasteiger partial charge in [-0.2, -0.15) is 0 Å². The van der Waals surface area contributed by atoms with Gasteiger partial charge in [0.05, 0.1) is 0 Å². The molecule has 0 bridgehead atoms. The molecule has 0 spiro atoms. The van der Waals surface area contributed by atoms with Crippen LogP contribution in [0.15, 0.2) is 37.0 Å². The van der Waals surface area contributed by atoms with Crippen LogP contribution in [0.1, 0.15) is 51.9 Å². The lowest BCUT2D eigenvalue weighted by atomic mass is 10.2. The minimum Gasteiger partial charge on any atom is -0.103 e. The van der Waals surface area contributed by atoms with E-state index < -0.39 is 0 Å². The maximum absolute atomic E-state index is 3.69. The lowest BCUT2D eigenvalue weighted by Gasteiger charge is -1.89. The summed E-state index contributed by atoms with van der Waals surface area (Å²) in [4.78, 5) is 0. The van der Waals surface area contributed by atoms with Crippen molar-refractivity contribution >= 4 is 0 Å². The van der Waals surface area contributed by atoms with E-state index >= 15 is 0 Å². The first kappa shape index (κ1) is 13.2. The van der Waals surface area contributed by atoms with Gasteiger partial charge in [-0.15, -0.1) is 6.58 Å². The summed E-state index contributed by atoms with van der Waals surface area (Å²) >= 11 is 0. The summed E-state index contributed by atoms with van der Waals surface area (Å²) in [6.45, 7) is 5.92. The predicted molar refractivity (Wildman–Crippen MR) is 66.5 cm³/mol. The normalized spacial score (nSPS) is 11.5. The summed E-state index contributed by atoms with van der Waals surface area (Å²) in [5, 5.41) is 0. The minimum absolute atomic E-state index is 1.10. The molecule has 0 aliphatic rings. The molecule has 0 rings (SSSR count). The maximum Gasteiger partial charge on any atom is -0.0316 e. The van der Waals surface area contributed by atoms with Gasteiger partial charge in [-0.3, -0.25) is 0 Å². The maximum atomic E-state index is 3.69. The van der Waals surface area contributed by atoms with Gasteiger partial charge in [0.15, 0.2) is 0 Å². The molecule has 80 valence electrons. The van der Waals surface area contributed by atoms with Gasteiger partial charge in [0.25, 0.3) is 0 Å². The monoisotopic (exact) mass is 192 g/mol. The fourth-order valence-corrected chi connectivity index (χ4v) is 1.20. The van der Waals surface area contributed by atoms with Crippen molar-refractivity contribution in [2.45, 2.75) is 51.9 Å². The third kappa shape index (κ3) is 11.2. The molecular weight excluding hydrogens is 168 g/mol. The lowest BCUT2D eigenvalue weighted by molar-refractivity contribution is 0.811. The van der Waals surface area contributed by atoms with Crippen LogP contribution < -0.4 is 0 Å². The first-order valence-corrected chi connectivity index (χ1v) is 5.82. The number of allylic oxidation sites excluding steroid dienone is 5. The van der Waals surface area contributed by atoms with Crippen LogP contribution in [-0.2, 0) is 0 Å². The van der Waals surface area contributed by atoms with Crippen LogP contribution in [0.2, 0.25) is 0 Å². The highest BCUT2D eigenvalue weighted by Crippen LogP contribution is 2.00. The average molecular weight is 192 g/mol. The second kappa shape index (κ2) is 12.2. The Kier molecular flexibility index (Phi) is 11.5. The Morgan fingerprint density at radius 2 is 1.29 bits per heavy atom. The first-order valence-electron chi connectivity index (χ1n) is 5.82. The summed E-state index contributed by atoms with van der Waals surface area (Å²) in [5.74, 6) is 0. The summed E-state index contributed by atoms with van der Waals surface area (Å²) in [5.41, 5.74) is 0. The molecule has 14 heavy (non-hydrogen) atoms. The zero-order chi connectivity index (χ0) is 10.5. The number of unbranched alkanes of at least 4 members (excludes halogenated alkanes) is 4. The third-order valence-corrected chi connectivity index (χ3v) is 2.10. The van der Waals surface area contributed by atoms with E-state index in [-0.39, 0.29) is 0 Å². The Bertz CT molecular complexity index is 163. The minimum atomic E-state index is 1.10. The highest BCUT2D eigenvalue weighted by molar-refractivity contribution is 4.89. The van der Waals surface area contributed by atoms with Crippen LogP contribution in [0.3, 0.4) is 0 Å². The Labute approximate surface area is 89.4 Å². The van der Waals surface area contributed by atoms with Gasteiger partial charge in [0.1, 0.15) is 0 Å². The zero-order valence-electron chi connectivity index (χ0n) is 9.54. The van der Waals surface area contributed by atoms with E-state index in [4.69, 9.17) is 0 Å². The summed E-state index contributed by atoms with van der Waals surface area (Å²) in [7, 11) is 0. The molecule has 0 heteroatoms. The van der Waals surface area contributed by atoms with Crippen molar-refractivity contribution in [2.75, 3.05) is 0 Å². The molecule has 0 aliphatic heterocycles. The van der Waals surface area contributed by atoms with Gasteiger partial charge < -0.3 is 0 Å². The Morgan fingerprint density at radius 3 is 1.79 bits per heavy atom. The van der Waals surface area contributed by atoms with Crippen molar-refractivity contribution in [3.63, 3.8) is 0 Å². The van der Waals surface area contributed by atoms with E-state index in [1.165, 1.54) is 32.1 Å². The average Bonchev–Trinajstić information content (AvgIpc) is 2.21. The van der Waals surface area contributed by atoms with Crippen molar-refractivity contribution in [3.05, 3.63) is 37.0 Å². The summed E-state index contributed by atoms with van der Waals surface area (Å²) < 4.78 is 0. The molecule has 0 amide bonds. The van der Waals surface area contributed by atoms with Crippen molar-refractivity contribution in [2.24, 2.45) is 0 Å². The van der Waals surface area contributed by atoms with Gasteiger partial charge in [0, 0.05) is 0 Å². The van der Waals surface area contributed by atoms with E-state index in [1.807, 2.05) is 6.08 Å². The van der Waals surface area contributed by atoms with Crippen molar-refractivity contribution in [3.8, 4) is 0 Å². The molecule has 0 nitrogen and oxygen atoms in total. The molecule has 0 N–H and O–H groups in total. The predicted octanol–water partition coefficient (Wildman–Crippen LogP) is 5.04. The largest absolute Gasteiger partial charge is 0.103 e. The van der Waals surface area contributed by atoms with Gasteiger partial charge in [0.2, 0.25) is 0 Å². The molecule has 0 aromatic heterocycles. The van der Waals surface area contributed by atoms with Crippen LogP contribution >= 0.6 is 0 Å². The van der Waals surface area contributed by atoms with E-state index in [2.05, 4.69) is 37.8 Å². The van der Waals surface area contributed by atoms with E-state index in [0.29, 0.717) is 0 Å². The van der Waals surface area contributed by atoms with Crippen LogP contribution in [-0.4, -0.2) is 0 Å². The Balaban J connectivity index is 3.15. The SMILES string of the molecule is C=CCC/C=C/CC/C=C\CCCC. The van der Waals surface area contributed by atoms with Crippen LogP contribution in [0.25, 0.3) is 0 Å². The molecule has 0 unspecified atom stereocenters. The molecule has 0 heterocycles. The number of rotatable bonds is 9. The quantitative estimate of drug-likeness (QED) is 0.355. The third-order valence-electron chi connectivity index (χ3n) is 2.10. The smallest absolute Gasteiger partial charge is 0.0316 e. The van der Waals surface area contributed by atoms with E-state index in [1.54, 1.807) is 0 Å². The molecule has 0 saturated heterocycles. The van der Waals surface area contributed by atoms with Crippen LogP contribution in [0.5, 0.6) is 0 Å². The molecular formula is C14H24. The molecule has 0 aromatic carbocycles. The highest BCUT2D eigenvalue weighted by atomic mass is 13.9. The topological polar surface area (TPSA) is 0 Å². The molecule has 0 atom stereocenters. The summed E-state index contributed by atoms with van der Waals surface area (Å²) in [6.07, 6.45) is 19.6. The molecule has 0 saturated carbocycles. The lowest BCUT2D eigenvalue weighted by Crippen LogP contribution is -1.69. The Hall–Kier alpha value is -0.780. The first-order chi connectivity index (χ1) is 6.91. The van der Waals surface area contributed by atoms with Gasteiger partial charge in [-0.25, -0.2) is 0 Å². The highest BCUT2D eigenvalue weighted by Gasteiger charge is 1.79. The summed E-state index contributed by atoms with van der Waals surface area (Å²) in [6, 6.07) is 0. The van der Waals surface area contributed by atoms with Gasteiger partial charge in [-0.05, 0) is 32.1 Å². The van der Waals surface area contributed by atoms with Crippen molar-refractivity contribution < 1.29 is 0 Å². The fraction of sp³-hybridized carbons (Fsp3) is 0.571. The molecule has 0 aliphatic carbocycles. The Morgan fingerprint density at radius 1 is 0.786 bits per heavy atom. The van der Waals surface area contributed by atoms with Gasteiger partial charge >= 0.3 is 0 Å². The molecule has 0 radical (unpaired) electrons. The van der Waals surface area contributed by atoms with Crippen LogP contribution in [0.4, 0.5) is 0 Å². The van der Waals surface area contributed by atoms with Crippen molar-refractivity contribution in [1.29, 1.82) is 0 Å². The van der Waals surface area contributed by atoms with E-state index in [0.717, 1.165) is 12.8 Å². The standard InChI is InChI=1S/C14H24/c1-3-5-7-9-11-13-14-12-10-8-6-4-2/h3,9-12H,1,4-8,13-14H2,2H3/b11-9+,12-10-.